The van der Waals surface area contributed by atoms with Gasteiger partial charge in [0.2, 0.25) is 0 Å². The molecule has 2 aromatic rings. The highest BCUT2D eigenvalue weighted by atomic mass is 35.5. The van der Waals surface area contributed by atoms with E-state index in [-0.39, 0.29) is 32.6 Å². The first kappa shape index (κ1) is 15.2. The molecule has 7 heteroatoms. The van der Waals surface area contributed by atoms with Crippen LogP contribution in [0.4, 0.5) is 5.69 Å². The minimum atomic E-state index is -1.21. The van der Waals surface area contributed by atoms with E-state index >= 15 is 0 Å². The molecule has 0 spiro atoms. The monoisotopic (exact) mass is 325 g/mol. The van der Waals surface area contributed by atoms with E-state index in [0.717, 1.165) is 0 Å². The molecule has 2 aromatic carbocycles. The zero-order valence-corrected chi connectivity index (χ0v) is 11.9. The average Bonchev–Trinajstić information content (AvgIpc) is 2.37. The minimum Gasteiger partial charge on any atom is -0.507 e. The van der Waals surface area contributed by atoms with Crippen molar-refractivity contribution in [2.45, 2.75) is 0 Å². The molecule has 0 aliphatic carbocycles. The Morgan fingerprint density at radius 1 is 0.952 bits per heavy atom. The van der Waals surface area contributed by atoms with Gasteiger partial charge < -0.3 is 15.5 Å². The van der Waals surface area contributed by atoms with Crippen molar-refractivity contribution in [3.05, 3.63) is 57.6 Å². The quantitative estimate of drug-likeness (QED) is 0.803. The van der Waals surface area contributed by atoms with Crippen LogP contribution in [0.5, 0.6) is 5.75 Å². The van der Waals surface area contributed by atoms with Crippen LogP contribution in [0.3, 0.4) is 0 Å². The van der Waals surface area contributed by atoms with Gasteiger partial charge in [0.25, 0.3) is 5.91 Å². The molecule has 0 atom stereocenters. The summed E-state index contributed by atoms with van der Waals surface area (Å²) in [7, 11) is 0. The molecule has 0 saturated carbocycles. The summed E-state index contributed by atoms with van der Waals surface area (Å²) >= 11 is 11.5. The smallest absolute Gasteiger partial charge is 0.337 e. The fourth-order valence-electron chi connectivity index (χ4n) is 1.69. The van der Waals surface area contributed by atoms with E-state index in [2.05, 4.69) is 5.32 Å². The number of nitrogens with one attached hydrogen (secondary N) is 1. The molecule has 0 heterocycles. The van der Waals surface area contributed by atoms with E-state index < -0.39 is 11.9 Å². The number of halogens is 2. The number of aromatic hydroxyl groups is 1. The summed E-state index contributed by atoms with van der Waals surface area (Å²) in [5, 5.41) is 21.7. The topological polar surface area (TPSA) is 86.6 Å². The Morgan fingerprint density at radius 3 is 2.10 bits per heavy atom. The lowest BCUT2D eigenvalue weighted by atomic mass is 10.1. The predicted octanol–water partition coefficient (Wildman–Crippen LogP) is 3.65. The molecule has 0 bridgehead atoms. The van der Waals surface area contributed by atoms with Crippen molar-refractivity contribution in [1.29, 1.82) is 0 Å². The van der Waals surface area contributed by atoms with Crippen molar-refractivity contribution < 1.29 is 19.8 Å². The number of phenols is 1. The first-order valence-corrected chi connectivity index (χ1v) is 6.47. The van der Waals surface area contributed by atoms with Crippen molar-refractivity contribution in [3.63, 3.8) is 0 Å². The molecule has 21 heavy (non-hydrogen) atoms. The first-order valence-electron chi connectivity index (χ1n) is 5.71. The molecule has 108 valence electrons. The fourth-order valence-corrected chi connectivity index (χ4v) is 2.03. The minimum absolute atomic E-state index is 0.0317. The van der Waals surface area contributed by atoms with Gasteiger partial charge in [0.15, 0.2) is 0 Å². The molecule has 0 unspecified atom stereocenters. The Hall–Kier alpha value is -2.24. The summed E-state index contributed by atoms with van der Waals surface area (Å²) in [6, 6.07) is 7.98. The van der Waals surface area contributed by atoms with Crippen molar-refractivity contribution in [2.24, 2.45) is 0 Å². The number of amides is 1. The molecule has 5 nitrogen and oxygen atoms in total. The maximum absolute atomic E-state index is 12.1. The van der Waals surface area contributed by atoms with Gasteiger partial charge in [0.05, 0.1) is 16.8 Å². The molecular weight excluding hydrogens is 317 g/mol. The van der Waals surface area contributed by atoms with E-state index in [4.69, 9.17) is 28.3 Å². The van der Waals surface area contributed by atoms with Gasteiger partial charge in [-0.3, -0.25) is 4.79 Å². The van der Waals surface area contributed by atoms with Crippen molar-refractivity contribution >= 4 is 40.8 Å². The van der Waals surface area contributed by atoms with Gasteiger partial charge in [0.1, 0.15) is 5.75 Å². The highest BCUT2D eigenvalue weighted by Crippen LogP contribution is 2.25. The highest BCUT2D eigenvalue weighted by molar-refractivity contribution is 6.31. The van der Waals surface area contributed by atoms with Crippen molar-refractivity contribution in [1.82, 2.24) is 0 Å². The molecule has 2 rings (SSSR count). The van der Waals surface area contributed by atoms with Crippen LogP contribution in [0.15, 0.2) is 36.4 Å². The lowest BCUT2D eigenvalue weighted by Crippen LogP contribution is -2.15. The third-order valence-electron chi connectivity index (χ3n) is 2.66. The molecule has 0 fully saturated rings. The summed E-state index contributed by atoms with van der Waals surface area (Å²) < 4.78 is 0. The van der Waals surface area contributed by atoms with Crippen molar-refractivity contribution in [2.75, 3.05) is 5.32 Å². The predicted molar refractivity (Wildman–Crippen MR) is 79.5 cm³/mol. The number of carboxylic acids is 1. The van der Waals surface area contributed by atoms with Crippen LogP contribution >= 0.6 is 23.2 Å². The zero-order valence-electron chi connectivity index (χ0n) is 10.4. The maximum Gasteiger partial charge on any atom is 0.337 e. The molecule has 0 aliphatic heterocycles. The van der Waals surface area contributed by atoms with Gasteiger partial charge in [-0.2, -0.15) is 0 Å². The molecule has 0 radical (unpaired) electrons. The highest BCUT2D eigenvalue weighted by Gasteiger charge is 2.16. The summed E-state index contributed by atoms with van der Waals surface area (Å²) in [6.07, 6.45) is 0. The molecule has 3 N–H and O–H groups in total. The number of hydrogen-bond acceptors (Lipinski definition) is 3. The number of carbonyl (C=O) groups is 2. The summed E-state index contributed by atoms with van der Waals surface area (Å²) in [6.45, 7) is 0. The number of aromatic carboxylic acids is 1. The number of benzene rings is 2. The number of rotatable bonds is 3. The van der Waals surface area contributed by atoms with Crippen LogP contribution in [-0.4, -0.2) is 22.1 Å². The number of phenolic OH excluding ortho intramolecular Hbond substituents is 1. The zero-order chi connectivity index (χ0) is 15.6. The van der Waals surface area contributed by atoms with Gasteiger partial charge in [-0.15, -0.1) is 0 Å². The van der Waals surface area contributed by atoms with Crippen LogP contribution in [0.2, 0.25) is 10.0 Å². The van der Waals surface area contributed by atoms with E-state index in [1.807, 2.05) is 0 Å². The second-order valence-corrected chi connectivity index (χ2v) is 4.98. The number of anilines is 1. The van der Waals surface area contributed by atoms with Crippen LogP contribution < -0.4 is 5.32 Å². The van der Waals surface area contributed by atoms with Crippen LogP contribution in [0.25, 0.3) is 0 Å². The van der Waals surface area contributed by atoms with Gasteiger partial charge in [-0.25, -0.2) is 4.79 Å². The third kappa shape index (κ3) is 3.45. The van der Waals surface area contributed by atoms with Crippen LogP contribution in [-0.2, 0) is 0 Å². The van der Waals surface area contributed by atoms with E-state index in [1.54, 1.807) is 0 Å². The van der Waals surface area contributed by atoms with Gasteiger partial charge >= 0.3 is 5.97 Å². The average molecular weight is 326 g/mol. The van der Waals surface area contributed by atoms with E-state index in [0.29, 0.717) is 0 Å². The molecule has 0 aromatic heterocycles. The molecule has 1 amide bonds. The Kier molecular flexibility index (Phi) is 4.35. The second-order valence-electron chi connectivity index (χ2n) is 4.11. The Bertz CT molecular complexity index is 731. The Balaban J connectivity index is 2.35. The largest absolute Gasteiger partial charge is 0.507 e. The molecule has 0 aliphatic rings. The normalized spacial score (nSPS) is 10.2. The lowest BCUT2D eigenvalue weighted by Gasteiger charge is -2.10. The van der Waals surface area contributed by atoms with Gasteiger partial charge in [-0.05, 0) is 36.4 Å². The van der Waals surface area contributed by atoms with Crippen molar-refractivity contribution in [3.8, 4) is 5.75 Å². The third-order valence-corrected chi connectivity index (χ3v) is 3.13. The Labute approximate surface area is 129 Å². The van der Waals surface area contributed by atoms with Crippen LogP contribution in [0, 0.1) is 0 Å². The maximum atomic E-state index is 12.1. The summed E-state index contributed by atoms with van der Waals surface area (Å²) in [4.78, 5) is 23.2. The second kappa shape index (κ2) is 6.03. The van der Waals surface area contributed by atoms with E-state index in [1.165, 1.54) is 36.4 Å². The summed E-state index contributed by atoms with van der Waals surface area (Å²) in [5.74, 6) is -2.19. The van der Waals surface area contributed by atoms with Gasteiger partial charge in [0, 0.05) is 10.0 Å². The summed E-state index contributed by atoms with van der Waals surface area (Å²) in [5.41, 5.74) is -0.105. The number of carboxylic acid groups (broad SMARTS) is 1. The van der Waals surface area contributed by atoms with Crippen LogP contribution in [0.1, 0.15) is 20.7 Å². The van der Waals surface area contributed by atoms with E-state index in [9.17, 15) is 14.7 Å². The number of hydrogen-bond donors (Lipinski definition) is 3. The number of carbonyl (C=O) groups excluding carboxylic acids is 1. The van der Waals surface area contributed by atoms with Gasteiger partial charge in [-0.1, -0.05) is 23.2 Å². The SMILES string of the molecule is O=C(Nc1cc(Cl)ccc1C(=O)O)c1ccc(Cl)cc1O. The Morgan fingerprint density at radius 2 is 1.52 bits per heavy atom. The first-order chi connectivity index (χ1) is 9.88. The molecule has 0 saturated heterocycles. The molecular formula is C14H9Cl2NO4. The standard InChI is InChI=1S/C14H9Cl2NO4/c15-7-1-3-9(14(20)21)11(5-7)17-13(19)10-4-2-8(16)6-12(10)18/h1-6,18H,(H,17,19)(H,20,21). The fraction of sp³-hybridized carbons (Fsp3) is 0. The lowest BCUT2D eigenvalue weighted by molar-refractivity contribution is 0.0698.